The van der Waals surface area contributed by atoms with Gasteiger partial charge in [-0.25, -0.2) is 14.4 Å². The zero-order chi connectivity index (χ0) is 39.8. The minimum atomic E-state index is -1.79. The lowest BCUT2D eigenvalue weighted by Gasteiger charge is -2.44. The van der Waals surface area contributed by atoms with Crippen LogP contribution in [0.4, 0.5) is 0 Å². The van der Waals surface area contributed by atoms with Gasteiger partial charge in [-0.05, 0) is 42.8 Å². The number of benzene rings is 1. The Morgan fingerprint density at radius 2 is 1.49 bits per heavy atom. The van der Waals surface area contributed by atoms with Crippen molar-refractivity contribution in [2.45, 2.75) is 86.3 Å². The van der Waals surface area contributed by atoms with Gasteiger partial charge in [-0.1, -0.05) is 18.2 Å². The SMILES string of the molecule is COC(=O)C1=COC(OC2OC(CO)C(O)C(O)C2O)C2C1C=CC21C=C(C(C)OC(=O)C=Cc2ccc(OC3OC(CO)C(O)C(O)C3O)cc2)C(=O)O1. The molecule has 1 aromatic carbocycles. The molecule has 0 amide bonds. The number of carbonyl (C=O) groups is 3. The van der Waals surface area contributed by atoms with E-state index >= 15 is 0 Å². The van der Waals surface area contributed by atoms with Crippen LogP contribution in [-0.2, 0) is 47.5 Å². The summed E-state index contributed by atoms with van der Waals surface area (Å²) < 4.78 is 44.3. The first-order valence-electron chi connectivity index (χ1n) is 17.2. The summed E-state index contributed by atoms with van der Waals surface area (Å²) in [6.45, 7) is 0.110. The van der Waals surface area contributed by atoms with Crippen LogP contribution in [0.25, 0.3) is 6.08 Å². The molecule has 0 saturated carbocycles. The number of allylic oxidation sites excluding steroid dienone is 1. The molecule has 2 saturated heterocycles. The molecule has 2 fully saturated rings. The van der Waals surface area contributed by atoms with Gasteiger partial charge in [0.2, 0.25) is 12.6 Å². The number of ether oxygens (including phenoxy) is 8. The van der Waals surface area contributed by atoms with Crippen LogP contribution in [-0.4, -0.2) is 158 Å². The molecule has 1 aromatic rings. The van der Waals surface area contributed by atoms with Gasteiger partial charge in [-0.2, -0.15) is 0 Å². The lowest BCUT2D eigenvalue weighted by atomic mass is 9.78. The summed E-state index contributed by atoms with van der Waals surface area (Å²) in [6.07, 6.45) is -9.86. The van der Waals surface area contributed by atoms with Crippen LogP contribution in [0.2, 0.25) is 0 Å². The minimum Gasteiger partial charge on any atom is -0.471 e. The van der Waals surface area contributed by atoms with Crippen molar-refractivity contribution in [3.63, 3.8) is 0 Å². The summed E-state index contributed by atoms with van der Waals surface area (Å²) in [5, 5.41) is 80.2. The quantitative estimate of drug-likeness (QED) is 0.0483. The Morgan fingerprint density at radius 1 is 0.873 bits per heavy atom. The smallest absolute Gasteiger partial charge is 0.338 e. The first-order chi connectivity index (χ1) is 26.2. The maximum absolute atomic E-state index is 13.3. The Balaban J connectivity index is 1.13. The van der Waals surface area contributed by atoms with Gasteiger partial charge in [0, 0.05) is 12.0 Å². The van der Waals surface area contributed by atoms with Gasteiger partial charge in [0.15, 0.2) is 11.9 Å². The molecule has 19 heteroatoms. The Bertz CT molecular complexity index is 1700. The molecule has 6 rings (SSSR count). The molecule has 15 atom stereocenters. The molecule has 19 nitrogen and oxygen atoms in total. The van der Waals surface area contributed by atoms with Crippen LogP contribution in [0.1, 0.15) is 12.5 Å². The van der Waals surface area contributed by atoms with Crippen LogP contribution in [0.3, 0.4) is 0 Å². The fourth-order valence-corrected chi connectivity index (χ4v) is 6.96. The molecular formula is C36H42O19. The second-order valence-electron chi connectivity index (χ2n) is 13.5. The van der Waals surface area contributed by atoms with E-state index < -0.39 is 122 Å². The Hall–Kier alpha value is -4.25. The van der Waals surface area contributed by atoms with E-state index in [9.17, 15) is 55.2 Å². The number of methoxy groups -OCH3 is 1. The summed E-state index contributed by atoms with van der Waals surface area (Å²) in [4.78, 5) is 38.8. The highest BCUT2D eigenvalue weighted by molar-refractivity contribution is 5.95. The van der Waals surface area contributed by atoms with Crippen molar-refractivity contribution in [1.29, 1.82) is 0 Å². The monoisotopic (exact) mass is 778 g/mol. The first kappa shape index (κ1) is 40.4. The molecule has 0 aromatic heterocycles. The molecular weight excluding hydrogens is 736 g/mol. The van der Waals surface area contributed by atoms with Gasteiger partial charge in [-0.3, -0.25) is 0 Å². The van der Waals surface area contributed by atoms with Gasteiger partial charge in [-0.15, -0.1) is 0 Å². The molecule has 15 unspecified atom stereocenters. The van der Waals surface area contributed by atoms with E-state index in [1.807, 2.05) is 0 Å². The van der Waals surface area contributed by atoms with Gasteiger partial charge < -0.3 is 78.7 Å². The van der Waals surface area contributed by atoms with Crippen molar-refractivity contribution in [2.75, 3.05) is 20.3 Å². The summed E-state index contributed by atoms with van der Waals surface area (Å²) in [5.41, 5.74) is -1.12. The van der Waals surface area contributed by atoms with Crippen LogP contribution in [0.5, 0.6) is 5.75 Å². The summed E-state index contributed by atoms with van der Waals surface area (Å²) >= 11 is 0. The largest absolute Gasteiger partial charge is 0.471 e. The van der Waals surface area contributed by atoms with E-state index in [1.165, 1.54) is 44.4 Å². The molecule has 4 heterocycles. The number of esters is 3. The van der Waals surface area contributed by atoms with Crippen LogP contribution in [0, 0.1) is 11.8 Å². The number of hydrogen-bond acceptors (Lipinski definition) is 19. The average molecular weight is 779 g/mol. The van der Waals surface area contributed by atoms with Crippen molar-refractivity contribution < 1.29 is 93.1 Å². The summed E-state index contributed by atoms with van der Waals surface area (Å²) in [5.74, 6) is -4.10. The van der Waals surface area contributed by atoms with E-state index in [2.05, 4.69) is 0 Å². The minimum absolute atomic E-state index is 0.0465. The highest BCUT2D eigenvalue weighted by atomic mass is 16.8. The molecule has 0 radical (unpaired) electrons. The van der Waals surface area contributed by atoms with Gasteiger partial charge in [0.25, 0.3) is 0 Å². The number of hydrogen-bond donors (Lipinski definition) is 8. The number of aliphatic hydroxyl groups excluding tert-OH is 8. The van der Waals surface area contributed by atoms with Crippen molar-refractivity contribution >= 4 is 24.0 Å². The highest BCUT2D eigenvalue weighted by Crippen LogP contribution is 2.51. The molecule has 1 aliphatic carbocycles. The zero-order valence-electron chi connectivity index (χ0n) is 29.3. The third-order valence-corrected chi connectivity index (χ3v) is 10.0. The van der Waals surface area contributed by atoms with E-state index in [0.717, 1.165) is 12.3 Å². The maximum Gasteiger partial charge on any atom is 0.338 e. The normalized spacial score (nSPS) is 38.8. The third kappa shape index (κ3) is 7.91. The van der Waals surface area contributed by atoms with Crippen molar-refractivity contribution in [3.05, 3.63) is 71.5 Å². The van der Waals surface area contributed by atoms with E-state index in [1.54, 1.807) is 18.2 Å². The zero-order valence-corrected chi connectivity index (χ0v) is 29.3. The van der Waals surface area contributed by atoms with Crippen molar-refractivity contribution in [1.82, 2.24) is 0 Å². The first-order valence-corrected chi connectivity index (χ1v) is 17.2. The average Bonchev–Trinajstić information content (AvgIpc) is 3.73. The standard InChI is InChI=1S/C36H42O19/c1-15(50-23(39)8-5-16-3-6-17(7-4-16)51-34-29(44)27(42)25(40)21(12-37)52-34)19-11-36(55-32(19)47)10-9-18-20(31(46)48-2)14-49-33(24(18)36)54-35-30(45)28(43)26(41)22(13-38)53-35/h3-11,14-15,18,21-22,24-30,33-35,37-38,40-45H,12-13H2,1-2H3. The predicted octanol–water partition coefficient (Wildman–Crippen LogP) is -2.94. The number of aliphatic hydroxyl groups is 8. The van der Waals surface area contributed by atoms with Crippen LogP contribution in [0.15, 0.2) is 66.0 Å². The number of carbonyl (C=O) groups excluding carboxylic acids is 3. The maximum atomic E-state index is 13.3. The molecule has 8 N–H and O–H groups in total. The second kappa shape index (κ2) is 16.5. The number of rotatable bonds is 11. The Labute approximate surface area is 312 Å². The van der Waals surface area contributed by atoms with Crippen molar-refractivity contribution in [3.8, 4) is 5.75 Å². The van der Waals surface area contributed by atoms with Crippen LogP contribution >= 0.6 is 0 Å². The molecule has 5 aliphatic rings. The highest BCUT2D eigenvalue weighted by Gasteiger charge is 2.60. The summed E-state index contributed by atoms with van der Waals surface area (Å²) in [6, 6.07) is 6.09. The van der Waals surface area contributed by atoms with E-state index in [-0.39, 0.29) is 16.9 Å². The molecule has 0 bridgehead atoms. The van der Waals surface area contributed by atoms with Gasteiger partial charge in [0.1, 0.15) is 60.7 Å². The van der Waals surface area contributed by atoms with E-state index in [4.69, 9.17) is 37.9 Å². The van der Waals surface area contributed by atoms with Crippen molar-refractivity contribution in [2.24, 2.45) is 11.8 Å². The fraction of sp³-hybridized carbons (Fsp3) is 0.528. The Kier molecular flexibility index (Phi) is 12.1. The molecule has 55 heavy (non-hydrogen) atoms. The van der Waals surface area contributed by atoms with Crippen LogP contribution < -0.4 is 4.74 Å². The molecule has 1 spiro atoms. The molecule has 4 aliphatic heterocycles. The third-order valence-electron chi connectivity index (χ3n) is 10.0. The molecule has 300 valence electrons. The van der Waals surface area contributed by atoms with Gasteiger partial charge >= 0.3 is 17.9 Å². The lowest BCUT2D eigenvalue weighted by molar-refractivity contribution is -0.344. The number of fused-ring (bicyclic) bond motifs is 2. The Morgan fingerprint density at radius 3 is 2.11 bits per heavy atom. The topological polar surface area (TPSA) is 287 Å². The predicted molar refractivity (Wildman–Crippen MR) is 178 cm³/mol. The van der Waals surface area contributed by atoms with Gasteiger partial charge in [0.05, 0.1) is 43.6 Å². The summed E-state index contributed by atoms with van der Waals surface area (Å²) in [7, 11) is 1.17. The lowest BCUT2D eigenvalue weighted by Crippen LogP contribution is -2.60. The fourth-order valence-electron chi connectivity index (χ4n) is 6.96. The second-order valence-corrected chi connectivity index (χ2v) is 13.5. The van der Waals surface area contributed by atoms with E-state index in [0.29, 0.717) is 5.56 Å².